The highest BCUT2D eigenvalue weighted by molar-refractivity contribution is 6.21. The van der Waals surface area contributed by atoms with Crippen molar-refractivity contribution >= 4 is 17.5 Å². The molecule has 3 N–H and O–H groups in total. The number of hydrogen-bond donors (Lipinski definition) is 3. The number of amides is 1. The van der Waals surface area contributed by atoms with Crippen LogP contribution in [-0.2, 0) is 19.0 Å². The van der Waals surface area contributed by atoms with Gasteiger partial charge in [-0.15, -0.1) is 18.2 Å². The van der Waals surface area contributed by atoms with Gasteiger partial charge in [0.1, 0.15) is 0 Å². The molecule has 4 fully saturated rings. The van der Waals surface area contributed by atoms with E-state index in [9.17, 15) is 10.1 Å². The highest BCUT2D eigenvalue weighted by atomic mass is 35.5. The number of nitrogens with one attached hydrogen (secondary N) is 3. The molecule has 2 aliphatic carbocycles. The molecule has 2 heterocycles. The smallest absolute Gasteiger partial charge is 0.220 e. The van der Waals surface area contributed by atoms with E-state index in [4.69, 9.17) is 25.8 Å². The van der Waals surface area contributed by atoms with Gasteiger partial charge in [-0.2, -0.15) is 5.26 Å². The Morgan fingerprint density at radius 1 is 1.10 bits per heavy atom. The fourth-order valence-corrected chi connectivity index (χ4v) is 9.40. The largest absolute Gasteiger partial charge is 0.379 e. The first-order chi connectivity index (χ1) is 24.6. The van der Waals surface area contributed by atoms with E-state index in [0.29, 0.717) is 38.0 Å². The van der Waals surface area contributed by atoms with Crippen molar-refractivity contribution in [1.29, 1.82) is 5.26 Å². The average molecular weight is 732 g/mol. The number of alkyl halides is 1. The summed E-state index contributed by atoms with van der Waals surface area (Å²) >= 11 is 7.03. The van der Waals surface area contributed by atoms with Crippen molar-refractivity contribution in [2.45, 2.75) is 146 Å². The molecule has 11 unspecified atom stereocenters. The molecule has 9 nitrogen and oxygen atoms in total. The Balaban J connectivity index is 1.27. The number of allylic oxidation sites excluding steroid dienone is 1. The Morgan fingerprint density at radius 3 is 2.57 bits per heavy atom. The van der Waals surface area contributed by atoms with Crippen molar-refractivity contribution < 1.29 is 19.0 Å². The number of rotatable bonds is 20. The summed E-state index contributed by atoms with van der Waals surface area (Å²) in [6.45, 7) is 23.4. The van der Waals surface area contributed by atoms with Crippen molar-refractivity contribution in [2.75, 3.05) is 52.6 Å². The lowest BCUT2D eigenvalue weighted by atomic mass is 9.69. The van der Waals surface area contributed by atoms with Crippen LogP contribution in [0.15, 0.2) is 24.3 Å². The quantitative estimate of drug-likeness (QED) is 0.0981. The summed E-state index contributed by atoms with van der Waals surface area (Å²) in [5.41, 5.74) is 2.54. The Labute approximate surface area is 315 Å². The lowest BCUT2D eigenvalue weighted by Gasteiger charge is -2.50. The molecule has 2 aliphatic heterocycles. The molecule has 0 aromatic rings. The third-order valence-electron chi connectivity index (χ3n) is 12.0. The van der Waals surface area contributed by atoms with Gasteiger partial charge in [-0.05, 0) is 90.0 Å². The van der Waals surface area contributed by atoms with Gasteiger partial charge in [0.2, 0.25) is 5.91 Å². The molecule has 1 amide bonds. The Morgan fingerprint density at radius 2 is 1.88 bits per heavy atom. The second-order valence-electron chi connectivity index (χ2n) is 16.1. The van der Waals surface area contributed by atoms with Crippen molar-refractivity contribution in [2.24, 2.45) is 23.7 Å². The normalized spacial score (nSPS) is 32.7. The Bertz CT molecular complexity index is 1130. The molecule has 51 heavy (non-hydrogen) atoms. The third-order valence-corrected chi connectivity index (χ3v) is 12.4. The monoisotopic (exact) mass is 732 g/mol. The maximum atomic E-state index is 13.2. The maximum Gasteiger partial charge on any atom is 0.220 e. The van der Waals surface area contributed by atoms with Crippen LogP contribution in [0.25, 0.3) is 0 Å². The third kappa shape index (κ3) is 13.4. The van der Waals surface area contributed by atoms with E-state index in [1.165, 1.54) is 24.0 Å². The van der Waals surface area contributed by atoms with Gasteiger partial charge in [0, 0.05) is 56.7 Å². The van der Waals surface area contributed by atoms with Crippen molar-refractivity contribution in [3.8, 4) is 6.07 Å². The number of piperidine rings is 1. The lowest BCUT2D eigenvalue weighted by molar-refractivity contribution is -0.124. The second-order valence-corrected chi connectivity index (χ2v) is 16.7. The summed E-state index contributed by atoms with van der Waals surface area (Å²) in [7, 11) is 0. The van der Waals surface area contributed by atoms with Gasteiger partial charge in [0.25, 0.3) is 0 Å². The van der Waals surface area contributed by atoms with E-state index < -0.39 is 0 Å². The number of nitriles is 1. The topological polar surface area (TPSA) is 108 Å². The van der Waals surface area contributed by atoms with Crippen LogP contribution in [0.2, 0.25) is 0 Å². The zero-order valence-electron chi connectivity index (χ0n) is 32.3. The summed E-state index contributed by atoms with van der Waals surface area (Å²) in [5.74, 6) is 1.13. The van der Waals surface area contributed by atoms with E-state index >= 15 is 0 Å². The van der Waals surface area contributed by atoms with Crippen LogP contribution in [0, 0.1) is 35.0 Å². The van der Waals surface area contributed by atoms with Gasteiger partial charge in [-0.3, -0.25) is 9.69 Å². The molecule has 10 heteroatoms. The predicted octanol–water partition coefficient (Wildman–Crippen LogP) is 6.37. The molecule has 0 aromatic heterocycles. The molecule has 4 rings (SSSR count). The van der Waals surface area contributed by atoms with E-state index in [0.717, 1.165) is 90.6 Å². The Kier molecular flexibility index (Phi) is 18.2. The SMILES string of the molecule is C=C(C)CC(CCC)CCC(=C)C(C)COC1CCC(NC2C(C#N)CNC3CC(OCC)C(NC(=O)CCCN4CCOCC4)CC32)CC1Cl. The van der Waals surface area contributed by atoms with Crippen molar-refractivity contribution in [1.82, 2.24) is 20.9 Å². The van der Waals surface area contributed by atoms with Crippen LogP contribution >= 0.6 is 11.6 Å². The highest BCUT2D eigenvalue weighted by Crippen LogP contribution is 2.37. The number of ether oxygens (including phenoxy) is 3. The number of carbonyl (C=O) groups excluding carboxylic acids is 1. The molecular weight excluding hydrogens is 662 g/mol. The van der Waals surface area contributed by atoms with Gasteiger partial charge in [0.05, 0.1) is 55.4 Å². The van der Waals surface area contributed by atoms with E-state index in [2.05, 4.69) is 60.8 Å². The van der Waals surface area contributed by atoms with Gasteiger partial charge in [0.15, 0.2) is 0 Å². The number of morpholine rings is 1. The zero-order chi connectivity index (χ0) is 36.8. The minimum atomic E-state index is -0.151. The van der Waals surface area contributed by atoms with Crippen LogP contribution in [0.5, 0.6) is 0 Å². The number of carbonyl (C=O) groups is 1. The molecule has 11 atom stereocenters. The summed E-state index contributed by atoms with van der Waals surface area (Å²) < 4.78 is 18.1. The van der Waals surface area contributed by atoms with Crippen LogP contribution in [0.1, 0.15) is 105 Å². The first kappa shape index (κ1) is 42.2. The van der Waals surface area contributed by atoms with E-state index in [-0.39, 0.29) is 59.5 Å². The summed E-state index contributed by atoms with van der Waals surface area (Å²) in [6, 6.07) is 3.01. The first-order valence-electron chi connectivity index (χ1n) is 20.3. The number of nitrogens with zero attached hydrogens (tertiary/aromatic N) is 2. The highest BCUT2D eigenvalue weighted by Gasteiger charge is 2.47. The van der Waals surface area contributed by atoms with Crippen LogP contribution in [0.3, 0.4) is 0 Å². The number of hydrogen-bond acceptors (Lipinski definition) is 8. The average Bonchev–Trinajstić information content (AvgIpc) is 3.11. The van der Waals surface area contributed by atoms with Gasteiger partial charge >= 0.3 is 0 Å². The summed E-state index contributed by atoms with van der Waals surface area (Å²) in [5, 5.41) is 21.1. The van der Waals surface area contributed by atoms with Crippen LogP contribution in [0.4, 0.5) is 0 Å². The fraction of sp³-hybridized carbons (Fsp3) is 0.854. The molecule has 2 saturated heterocycles. The van der Waals surface area contributed by atoms with Gasteiger partial charge in [-0.25, -0.2) is 0 Å². The molecule has 290 valence electrons. The minimum absolute atomic E-state index is 0.0215. The molecule has 0 radical (unpaired) electrons. The molecule has 0 spiro atoms. The summed E-state index contributed by atoms with van der Waals surface area (Å²) in [4.78, 5) is 15.5. The standard InChI is InChI=1S/C41H70ClN5O4/c1-7-10-31(21-28(3)4)13-12-29(5)30(6)27-51-38-15-14-33(22-35(38)42)45-41-32(25-43)26-44-36-24-39(50-8-2)37(23-34(36)41)46-40(48)11-9-16-47-17-19-49-20-18-47/h30-39,41,44-45H,3,5,7-24,26-27H2,1-2,4,6H3,(H,46,48). The molecule has 4 aliphatic rings. The summed E-state index contributed by atoms with van der Waals surface area (Å²) in [6.07, 6.45) is 11.3. The van der Waals surface area contributed by atoms with Crippen molar-refractivity contribution in [3.63, 3.8) is 0 Å². The van der Waals surface area contributed by atoms with Gasteiger partial charge in [-0.1, -0.05) is 44.4 Å². The number of fused-ring (bicyclic) bond motifs is 1. The molecular formula is C41H70ClN5O4. The van der Waals surface area contributed by atoms with E-state index in [1.54, 1.807) is 0 Å². The predicted molar refractivity (Wildman–Crippen MR) is 207 cm³/mol. The van der Waals surface area contributed by atoms with Crippen LogP contribution in [-0.4, -0.2) is 105 Å². The van der Waals surface area contributed by atoms with Gasteiger partial charge < -0.3 is 30.2 Å². The molecule has 2 saturated carbocycles. The number of halogens is 1. The van der Waals surface area contributed by atoms with Crippen LogP contribution < -0.4 is 16.0 Å². The molecule has 0 bridgehead atoms. The van der Waals surface area contributed by atoms with E-state index in [1.807, 2.05) is 6.92 Å². The lowest BCUT2D eigenvalue weighted by Crippen LogP contribution is -2.66. The zero-order valence-corrected chi connectivity index (χ0v) is 33.1. The second kappa shape index (κ2) is 22.0. The maximum absolute atomic E-state index is 13.2. The minimum Gasteiger partial charge on any atom is -0.379 e. The fourth-order valence-electron chi connectivity index (χ4n) is 8.99. The first-order valence-corrected chi connectivity index (χ1v) is 20.7. The molecule has 0 aromatic carbocycles. The Hall–Kier alpha value is -1.51. The van der Waals surface area contributed by atoms with Crippen molar-refractivity contribution in [3.05, 3.63) is 24.3 Å².